The van der Waals surface area contributed by atoms with Crippen molar-refractivity contribution in [3.8, 4) is 0 Å². The third-order valence-electron chi connectivity index (χ3n) is 2.61. The standard InChI is InChI=1S/C9H16N2O.ClH/c1-7-6-11(5-4-10-7)9(12)8-2-3-8;/h7-8,10H,2-6H2,1H3;1H/t7-;/m0./s1. The Hall–Kier alpha value is -0.280. The van der Waals surface area contributed by atoms with Crippen molar-refractivity contribution >= 4 is 18.3 Å². The van der Waals surface area contributed by atoms with Gasteiger partial charge < -0.3 is 10.2 Å². The molecule has 2 fully saturated rings. The third-order valence-corrected chi connectivity index (χ3v) is 2.61. The van der Waals surface area contributed by atoms with Crippen LogP contribution in [-0.2, 0) is 4.79 Å². The van der Waals surface area contributed by atoms with Crippen LogP contribution >= 0.6 is 12.4 Å². The molecule has 2 rings (SSSR count). The summed E-state index contributed by atoms with van der Waals surface area (Å²) < 4.78 is 0. The minimum Gasteiger partial charge on any atom is -0.340 e. The van der Waals surface area contributed by atoms with Crippen molar-refractivity contribution in [2.75, 3.05) is 19.6 Å². The van der Waals surface area contributed by atoms with Gasteiger partial charge >= 0.3 is 0 Å². The van der Waals surface area contributed by atoms with E-state index in [0.29, 0.717) is 17.9 Å². The maximum Gasteiger partial charge on any atom is 0.225 e. The van der Waals surface area contributed by atoms with Gasteiger partial charge in [-0.3, -0.25) is 4.79 Å². The van der Waals surface area contributed by atoms with E-state index in [0.717, 1.165) is 32.5 Å². The summed E-state index contributed by atoms with van der Waals surface area (Å²) in [5.74, 6) is 0.777. The molecule has 1 saturated heterocycles. The minimum atomic E-state index is 0. The average molecular weight is 205 g/mol. The zero-order valence-electron chi connectivity index (χ0n) is 7.95. The van der Waals surface area contributed by atoms with Crippen molar-refractivity contribution in [3.63, 3.8) is 0 Å². The summed E-state index contributed by atoms with van der Waals surface area (Å²) in [6, 6.07) is 0.474. The van der Waals surface area contributed by atoms with E-state index in [2.05, 4.69) is 12.2 Å². The SMILES string of the molecule is C[C@H]1CN(C(=O)C2CC2)CCN1.Cl. The van der Waals surface area contributed by atoms with Gasteiger partial charge in [0, 0.05) is 31.6 Å². The van der Waals surface area contributed by atoms with Crippen molar-refractivity contribution in [1.82, 2.24) is 10.2 Å². The van der Waals surface area contributed by atoms with Crippen molar-refractivity contribution in [2.24, 2.45) is 5.92 Å². The Labute approximate surface area is 85.3 Å². The Bertz CT molecular complexity index is 194. The first kappa shape index (κ1) is 10.8. The van der Waals surface area contributed by atoms with Crippen LogP contribution in [0.15, 0.2) is 0 Å². The molecule has 4 heteroatoms. The normalized spacial score (nSPS) is 28.1. The van der Waals surface area contributed by atoms with Crippen LogP contribution in [0.3, 0.4) is 0 Å². The van der Waals surface area contributed by atoms with Crippen LogP contribution in [0, 0.1) is 5.92 Å². The summed E-state index contributed by atoms with van der Waals surface area (Å²) in [6.07, 6.45) is 2.24. The molecule has 0 spiro atoms. The molecular weight excluding hydrogens is 188 g/mol. The molecule has 2 aliphatic rings. The van der Waals surface area contributed by atoms with Gasteiger partial charge in [-0.1, -0.05) is 0 Å². The number of nitrogens with one attached hydrogen (secondary N) is 1. The fourth-order valence-electron chi connectivity index (χ4n) is 1.72. The number of carbonyl (C=O) groups is 1. The highest BCUT2D eigenvalue weighted by Gasteiger charge is 2.34. The lowest BCUT2D eigenvalue weighted by Gasteiger charge is -2.32. The van der Waals surface area contributed by atoms with E-state index >= 15 is 0 Å². The predicted molar refractivity (Wildman–Crippen MR) is 54.0 cm³/mol. The van der Waals surface area contributed by atoms with Crippen LogP contribution in [-0.4, -0.2) is 36.5 Å². The lowest BCUT2D eigenvalue weighted by molar-refractivity contribution is -0.133. The van der Waals surface area contributed by atoms with Crippen LogP contribution in [0.4, 0.5) is 0 Å². The molecule has 1 aliphatic heterocycles. The van der Waals surface area contributed by atoms with Crippen LogP contribution in [0.25, 0.3) is 0 Å². The summed E-state index contributed by atoms with van der Waals surface area (Å²) in [5, 5.41) is 3.33. The third kappa shape index (κ3) is 2.58. The van der Waals surface area contributed by atoms with Gasteiger partial charge in [-0.2, -0.15) is 0 Å². The van der Waals surface area contributed by atoms with Crippen LogP contribution in [0.5, 0.6) is 0 Å². The second-order valence-electron chi connectivity index (χ2n) is 3.91. The van der Waals surface area contributed by atoms with E-state index in [4.69, 9.17) is 0 Å². The summed E-state index contributed by atoms with van der Waals surface area (Å²) in [4.78, 5) is 13.6. The Kier molecular flexibility index (Phi) is 3.56. The zero-order chi connectivity index (χ0) is 8.55. The Balaban J connectivity index is 0.000000845. The van der Waals surface area contributed by atoms with Gasteiger partial charge in [-0.15, -0.1) is 12.4 Å². The molecule has 1 atom stereocenters. The van der Waals surface area contributed by atoms with Gasteiger partial charge in [0.05, 0.1) is 0 Å². The lowest BCUT2D eigenvalue weighted by Crippen LogP contribution is -2.51. The van der Waals surface area contributed by atoms with E-state index in [1.807, 2.05) is 4.90 Å². The monoisotopic (exact) mass is 204 g/mol. The first-order valence-electron chi connectivity index (χ1n) is 4.79. The van der Waals surface area contributed by atoms with Gasteiger partial charge in [-0.25, -0.2) is 0 Å². The summed E-state index contributed by atoms with van der Waals surface area (Å²) in [5.41, 5.74) is 0. The van der Waals surface area contributed by atoms with E-state index < -0.39 is 0 Å². The van der Waals surface area contributed by atoms with Crippen molar-refractivity contribution in [1.29, 1.82) is 0 Å². The molecular formula is C9H17ClN2O. The summed E-state index contributed by atoms with van der Waals surface area (Å²) >= 11 is 0. The molecule has 76 valence electrons. The Morgan fingerprint density at radius 1 is 1.46 bits per heavy atom. The fraction of sp³-hybridized carbons (Fsp3) is 0.889. The molecule has 0 aromatic rings. The van der Waals surface area contributed by atoms with Crippen LogP contribution in [0.2, 0.25) is 0 Å². The van der Waals surface area contributed by atoms with Crippen LogP contribution in [0.1, 0.15) is 19.8 Å². The highest BCUT2D eigenvalue weighted by Crippen LogP contribution is 2.31. The summed E-state index contributed by atoms with van der Waals surface area (Å²) in [7, 11) is 0. The van der Waals surface area contributed by atoms with Gasteiger partial charge in [0.25, 0.3) is 0 Å². The molecule has 13 heavy (non-hydrogen) atoms. The number of piperazine rings is 1. The first-order chi connectivity index (χ1) is 5.77. The molecule has 0 radical (unpaired) electrons. The smallest absolute Gasteiger partial charge is 0.225 e. The van der Waals surface area contributed by atoms with Gasteiger partial charge in [0.2, 0.25) is 5.91 Å². The predicted octanol–water partition coefficient (Wildman–Crippen LogP) is 0.638. The zero-order valence-corrected chi connectivity index (χ0v) is 8.77. The number of nitrogens with zero attached hydrogens (tertiary/aromatic N) is 1. The molecule has 1 N–H and O–H groups in total. The van der Waals surface area contributed by atoms with E-state index in [1.165, 1.54) is 0 Å². The molecule has 0 aromatic heterocycles. The highest BCUT2D eigenvalue weighted by atomic mass is 35.5. The number of hydrogen-bond acceptors (Lipinski definition) is 2. The lowest BCUT2D eigenvalue weighted by atomic mass is 10.2. The van der Waals surface area contributed by atoms with Gasteiger partial charge in [0.1, 0.15) is 0 Å². The fourth-order valence-corrected chi connectivity index (χ4v) is 1.72. The number of hydrogen-bond donors (Lipinski definition) is 1. The van der Waals surface area contributed by atoms with Gasteiger partial charge in [0.15, 0.2) is 0 Å². The summed E-state index contributed by atoms with van der Waals surface area (Å²) in [6.45, 7) is 4.89. The number of amides is 1. The molecule has 1 saturated carbocycles. The number of halogens is 1. The maximum atomic E-state index is 11.6. The number of rotatable bonds is 1. The largest absolute Gasteiger partial charge is 0.340 e. The van der Waals surface area contributed by atoms with Gasteiger partial charge in [-0.05, 0) is 19.8 Å². The van der Waals surface area contributed by atoms with E-state index in [-0.39, 0.29) is 12.4 Å². The minimum absolute atomic E-state index is 0. The molecule has 1 amide bonds. The topological polar surface area (TPSA) is 32.3 Å². The molecule has 0 bridgehead atoms. The molecule has 1 heterocycles. The Morgan fingerprint density at radius 2 is 2.15 bits per heavy atom. The average Bonchev–Trinajstić information content (AvgIpc) is 2.85. The quantitative estimate of drug-likeness (QED) is 0.680. The number of carbonyl (C=O) groups excluding carboxylic acids is 1. The van der Waals surface area contributed by atoms with Crippen molar-refractivity contribution in [3.05, 3.63) is 0 Å². The molecule has 3 nitrogen and oxygen atoms in total. The second kappa shape index (κ2) is 4.29. The maximum absolute atomic E-state index is 11.6. The van der Waals surface area contributed by atoms with E-state index in [9.17, 15) is 4.79 Å². The molecule has 0 aromatic carbocycles. The van der Waals surface area contributed by atoms with E-state index in [1.54, 1.807) is 0 Å². The Morgan fingerprint density at radius 3 is 2.69 bits per heavy atom. The van der Waals surface area contributed by atoms with Crippen molar-refractivity contribution < 1.29 is 4.79 Å². The highest BCUT2D eigenvalue weighted by molar-refractivity contribution is 5.85. The van der Waals surface area contributed by atoms with Crippen LogP contribution < -0.4 is 5.32 Å². The molecule has 1 aliphatic carbocycles. The molecule has 0 unspecified atom stereocenters. The second-order valence-corrected chi connectivity index (χ2v) is 3.91. The first-order valence-corrected chi connectivity index (χ1v) is 4.79. The van der Waals surface area contributed by atoms with Crippen molar-refractivity contribution in [2.45, 2.75) is 25.8 Å².